The van der Waals surface area contributed by atoms with Crippen LogP contribution < -0.4 is 25.4 Å². The number of nitrogens with zero attached hydrogens (tertiary/aromatic N) is 2. The quantitative estimate of drug-likeness (QED) is 0.494. The molecule has 0 aliphatic carbocycles. The van der Waals surface area contributed by atoms with E-state index in [1.807, 2.05) is 0 Å². The van der Waals surface area contributed by atoms with Gasteiger partial charge in [-0.15, -0.1) is 0 Å². The minimum Gasteiger partial charge on any atom is -0.495 e. The van der Waals surface area contributed by atoms with Gasteiger partial charge in [0.25, 0.3) is 5.91 Å². The van der Waals surface area contributed by atoms with Crippen LogP contribution in [0.1, 0.15) is 16.1 Å². The van der Waals surface area contributed by atoms with Gasteiger partial charge in [0, 0.05) is 25.4 Å². The SMILES string of the molecule is CNC(=O)c1cc(Oc2ccc(N(C(N)=O)c3cc(C(F)(F)F)c(Cl)cc3OC)cc2)ccn1. The second kappa shape index (κ2) is 9.87. The van der Waals surface area contributed by atoms with Crippen LogP contribution in [0.2, 0.25) is 5.02 Å². The molecule has 3 amide bonds. The molecule has 0 unspecified atom stereocenters. The molecule has 0 radical (unpaired) electrons. The normalized spacial score (nSPS) is 11.0. The molecular weight excluding hydrogens is 477 g/mol. The lowest BCUT2D eigenvalue weighted by molar-refractivity contribution is -0.137. The minimum atomic E-state index is -4.77. The second-order valence-corrected chi connectivity index (χ2v) is 7.13. The summed E-state index contributed by atoms with van der Waals surface area (Å²) in [7, 11) is 2.69. The molecular formula is C22H18ClF3N4O4. The van der Waals surface area contributed by atoms with Crippen molar-refractivity contribution < 1.29 is 32.2 Å². The molecule has 1 aromatic heterocycles. The summed E-state index contributed by atoms with van der Waals surface area (Å²) in [6.07, 6.45) is -3.37. The number of nitrogens with two attached hydrogens (primary N) is 1. The first kappa shape index (κ1) is 24.6. The smallest absolute Gasteiger partial charge is 0.417 e. The van der Waals surface area contributed by atoms with Gasteiger partial charge in [-0.05, 0) is 36.4 Å². The molecule has 0 saturated heterocycles. The van der Waals surface area contributed by atoms with Crippen molar-refractivity contribution in [2.75, 3.05) is 19.1 Å². The number of nitrogens with one attached hydrogen (secondary N) is 1. The topological polar surface area (TPSA) is 107 Å². The highest BCUT2D eigenvalue weighted by atomic mass is 35.5. The maximum Gasteiger partial charge on any atom is 0.417 e. The lowest BCUT2D eigenvalue weighted by atomic mass is 10.1. The zero-order valence-electron chi connectivity index (χ0n) is 17.8. The van der Waals surface area contributed by atoms with Crippen molar-refractivity contribution in [3.05, 3.63) is 71.0 Å². The Kier molecular flexibility index (Phi) is 7.16. The van der Waals surface area contributed by atoms with Crippen molar-refractivity contribution in [3.63, 3.8) is 0 Å². The number of carbonyl (C=O) groups excluding carboxylic acids is 2. The van der Waals surface area contributed by atoms with Crippen LogP contribution in [0.3, 0.4) is 0 Å². The Hall–Kier alpha value is -3.99. The molecule has 3 rings (SSSR count). The van der Waals surface area contributed by atoms with Crippen molar-refractivity contribution >= 4 is 34.9 Å². The van der Waals surface area contributed by atoms with E-state index in [2.05, 4.69) is 10.3 Å². The van der Waals surface area contributed by atoms with Gasteiger partial charge in [0.1, 0.15) is 22.9 Å². The van der Waals surface area contributed by atoms with Gasteiger partial charge in [-0.25, -0.2) is 4.79 Å². The lowest BCUT2D eigenvalue weighted by Gasteiger charge is -2.24. The summed E-state index contributed by atoms with van der Waals surface area (Å²) in [6, 6.07) is 9.34. The van der Waals surface area contributed by atoms with Gasteiger partial charge in [-0.1, -0.05) is 11.6 Å². The predicted molar refractivity (Wildman–Crippen MR) is 119 cm³/mol. The third kappa shape index (κ3) is 5.31. The fraction of sp³-hybridized carbons (Fsp3) is 0.136. The van der Waals surface area contributed by atoms with E-state index in [0.29, 0.717) is 17.6 Å². The molecule has 1 heterocycles. The highest BCUT2D eigenvalue weighted by Crippen LogP contribution is 2.43. The molecule has 0 atom stereocenters. The molecule has 0 aliphatic rings. The average Bonchev–Trinajstić information content (AvgIpc) is 2.79. The van der Waals surface area contributed by atoms with E-state index in [9.17, 15) is 22.8 Å². The maximum atomic E-state index is 13.4. The van der Waals surface area contributed by atoms with Crippen LogP contribution >= 0.6 is 11.6 Å². The molecule has 0 aliphatic heterocycles. The number of ether oxygens (including phenoxy) is 2. The monoisotopic (exact) mass is 494 g/mol. The van der Waals surface area contributed by atoms with Crippen LogP contribution in [0.25, 0.3) is 0 Å². The Morgan fingerprint density at radius 1 is 1.09 bits per heavy atom. The van der Waals surface area contributed by atoms with Crippen molar-refractivity contribution in [3.8, 4) is 17.2 Å². The number of hydrogen-bond donors (Lipinski definition) is 2. The summed E-state index contributed by atoms with van der Waals surface area (Å²) in [6.45, 7) is 0. The Morgan fingerprint density at radius 2 is 1.76 bits per heavy atom. The largest absolute Gasteiger partial charge is 0.495 e. The first-order valence-electron chi connectivity index (χ1n) is 9.55. The number of methoxy groups -OCH3 is 1. The van der Waals surface area contributed by atoms with Gasteiger partial charge in [0.05, 0.1) is 29.1 Å². The highest BCUT2D eigenvalue weighted by molar-refractivity contribution is 6.31. The van der Waals surface area contributed by atoms with E-state index in [4.69, 9.17) is 26.8 Å². The summed E-state index contributed by atoms with van der Waals surface area (Å²) in [4.78, 5) is 28.7. The van der Waals surface area contributed by atoms with Gasteiger partial charge in [0.15, 0.2) is 0 Å². The summed E-state index contributed by atoms with van der Waals surface area (Å²) in [5.74, 6) is 0.159. The van der Waals surface area contributed by atoms with E-state index < -0.39 is 28.7 Å². The number of alkyl halides is 3. The van der Waals surface area contributed by atoms with Gasteiger partial charge in [-0.2, -0.15) is 13.2 Å². The Labute approximate surface area is 197 Å². The number of halogens is 4. The number of rotatable bonds is 6. The number of carbonyl (C=O) groups is 2. The van der Waals surface area contributed by atoms with Crippen LogP contribution in [0, 0.1) is 0 Å². The van der Waals surface area contributed by atoms with Gasteiger partial charge in [0.2, 0.25) is 0 Å². The number of aromatic nitrogens is 1. The van der Waals surface area contributed by atoms with Crippen molar-refractivity contribution in [1.29, 1.82) is 0 Å². The second-order valence-electron chi connectivity index (χ2n) is 6.73. The van der Waals surface area contributed by atoms with E-state index in [1.165, 1.54) is 56.8 Å². The number of primary amides is 1. The van der Waals surface area contributed by atoms with E-state index >= 15 is 0 Å². The molecule has 2 aromatic carbocycles. The first-order chi connectivity index (χ1) is 16.0. The van der Waals surface area contributed by atoms with Crippen molar-refractivity contribution in [1.82, 2.24) is 10.3 Å². The minimum absolute atomic E-state index is 0.0874. The predicted octanol–water partition coefficient (Wildman–Crippen LogP) is 5.13. The van der Waals surface area contributed by atoms with Crippen LogP contribution in [0.4, 0.5) is 29.3 Å². The average molecular weight is 495 g/mol. The standard InChI is InChI=1S/C22H18ClF3N4O4/c1-28-20(31)17-9-14(7-8-29-17)34-13-5-3-12(4-6-13)30(21(27)32)18-10-15(22(24,25)26)16(23)11-19(18)33-2/h3-11H,1-2H3,(H2,27,32)(H,28,31). The number of pyridine rings is 1. The van der Waals surface area contributed by atoms with Gasteiger partial charge >= 0.3 is 12.2 Å². The number of anilines is 2. The molecule has 8 nitrogen and oxygen atoms in total. The van der Waals surface area contributed by atoms with Crippen molar-refractivity contribution in [2.45, 2.75) is 6.18 Å². The van der Waals surface area contributed by atoms with E-state index in [1.54, 1.807) is 0 Å². The fourth-order valence-electron chi connectivity index (χ4n) is 3.01. The molecule has 3 aromatic rings. The lowest BCUT2D eigenvalue weighted by Crippen LogP contribution is -2.32. The Balaban J connectivity index is 1.96. The number of benzene rings is 2. The van der Waals surface area contributed by atoms with Crippen LogP contribution in [-0.2, 0) is 6.18 Å². The molecule has 34 heavy (non-hydrogen) atoms. The number of hydrogen-bond acceptors (Lipinski definition) is 5. The summed E-state index contributed by atoms with van der Waals surface area (Å²) < 4.78 is 51.0. The first-order valence-corrected chi connectivity index (χ1v) is 9.93. The highest BCUT2D eigenvalue weighted by Gasteiger charge is 2.35. The third-order valence-corrected chi connectivity index (χ3v) is 4.87. The molecule has 178 valence electrons. The van der Waals surface area contributed by atoms with E-state index in [0.717, 1.165) is 11.0 Å². The van der Waals surface area contributed by atoms with Crippen LogP contribution in [0.15, 0.2) is 54.7 Å². The van der Waals surface area contributed by atoms with Crippen LogP contribution in [-0.4, -0.2) is 31.1 Å². The number of amides is 3. The van der Waals surface area contributed by atoms with Gasteiger partial charge in [-0.3, -0.25) is 14.7 Å². The number of urea groups is 1. The third-order valence-electron chi connectivity index (χ3n) is 4.56. The fourth-order valence-corrected chi connectivity index (χ4v) is 3.27. The van der Waals surface area contributed by atoms with Crippen molar-refractivity contribution in [2.24, 2.45) is 5.73 Å². The summed E-state index contributed by atoms with van der Waals surface area (Å²) >= 11 is 5.75. The van der Waals surface area contributed by atoms with E-state index in [-0.39, 0.29) is 22.8 Å². The summed E-state index contributed by atoms with van der Waals surface area (Å²) in [5, 5.41) is 1.86. The molecule has 0 fully saturated rings. The molecule has 0 saturated carbocycles. The van der Waals surface area contributed by atoms with Gasteiger partial charge < -0.3 is 20.5 Å². The Bertz CT molecular complexity index is 1220. The maximum absolute atomic E-state index is 13.4. The molecule has 3 N–H and O–H groups in total. The zero-order chi connectivity index (χ0) is 25.0. The molecule has 0 bridgehead atoms. The molecule has 0 spiro atoms. The zero-order valence-corrected chi connectivity index (χ0v) is 18.6. The van der Waals surface area contributed by atoms with Crippen LogP contribution in [0.5, 0.6) is 17.2 Å². The Morgan fingerprint density at radius 3 is 2.32 bits per heavy atom. The summed E-state index contributed by atoms with van der Waals surface area (Å²) in [5.41, 5.74) is 4.38. The molecule has 12 heteroatoms.